The van der Waals surface area contributed by atoms with Gasteiger partial charge in [0, 0.05) is 54.7 Å². The molecule has 0 spiro atoms. The normalized spacial score (nSPS) is 16.0. The van der Waals surface area contributed by atoms with Crippen LogP contribution >= 0.6 is 0 Å². The molecular formula is C24H29N3. The van der Waals surface area contributed by atoms with Crippen LogP contribution in [0.1, 0.15) is 50.1 Å². The minimum atomic E-state index is 0.193. The largest absolute Gasteiger partial charge is 0.320 e. The van der Waals surface area contributed by atoms with Gasteiger partial charge >= 0.3 is 0 Å². The first-order chi connectivity index (χ1) is 12.8. The lowest BCUT2D eigenvalue weighted by atomic mass is 9.97. The molecule has 1 aromatic carbocycles. The number of pyridine rings is 1. The van der Waals surface area contributed by atoms with Crippen LogP contribution in [0, 0.1) is 6.92 Å². The van der Waals surface area contributed by atoms with Gasteiger partial charge < -0.3 is 4.57 Å². The van der Waals surface area contributed by atoms with E-state index in [1.165, 1.54) is 38.9 Å². The molecule has 0 fully saturated rings. The van der Waals surface area contributed by atoms with Crippen molar-refractivity contribution >= 4 is 22.7 Å². The van der Waals surface area contributed by atoms with Crippen molar-refractivity contribution in [3.63, 3.8) is 0 Å². The number of aryl methyl sites for hydroxylation is 1. The van der Waals surface area contributed by atoms with Crippen LogP contribution in [0.5, 0.6) is 0 Å². The molecular weight excluding hydrogens is 330 g/mol. The monoisotopic (exact) mass is 359 g/mol. The molecule has 0 N–H and O–H groups in total. The van der Waals surface area contributed by atoms with Gasteiger partial charge in [-0.2, -0.15) is 0 Å². The average molecular weight is 360 g/mol. The molecule has 1 aliphatic rings. The molecule has 0 unspecified atom stereocenters. The highest BCUT2D eigenvalue weighted by atomic mass is 15.2. The standard InChI is InChI=1S/C24H29N3/c1-17-6-7-22-20(14-17)21-16-26(24(3,4)5)13-10-23(21)27(22)15-18(2)19-8-11-25-12-9-19/h6-9,11-12,14-15H,10,13,16H2,1-5H3. The zero-order valence-corrected chi connectivity index (χ0v) is 17.1. The number of hydrogen-bond donors (Lipinski definition) is 0. The first-order valence-corrected chi connectivity index (χ1v) is 9.81. The van der Waals surface area contributed by atoms with E-state index in [1.54, 1.807) is 0 Å². The Balaban J connectivity index is 1.88. The lowest BCUT2D eigenvalue weighted by Gasteiger charge is -2.38. The molecule has 140 valence electrons. The van der Waals surface area contributed by atoms with E-state index in [0.29, 0.717) is 0 Å². The van der Waals surface area contributed by atoms with Crippen LogP contribution in [0.4, 0.5) is 0 Å². The summed E-state index contributed by atoms with van der Waals surface area (Å²) in [5.74, 6) is 0. The summed E-state index contributed by atoms with van der Waals surface area (Å²) < 4.78 is 2.43. The van der Waals surface area contributed by atoms with Gasteiger partial charge in [-0.05, 0) is 75.6 Å². The van der Waals surface area contributed by atoms with E-state index >= 15 is 0 Å². The molecule has 0 atom stereocenters. The Bertz CT molecular complexity index is 1000. The van der Waals surface area contributed by atoms with Crippen molar-refractivity contribution in [2.45, 2.75) is 53.1 Å². The van der Waals surface area contributed by atoms with Crippen LogP contribution in [0.15, 0.2) is 42.7 Å². The fourth-order valence-electron chi connectivity index (χ4n) is 4.11. The number of fused-ring (bicyclic) bond motifs is 3. The molecule has 3 nitrogen and oxygen atoms in total. The van der Waals surface area contributed by atoms with Crippen LogP contribution in [0.25, 0.3) is 22.7 Å². The molecule has 0 radical (unpaired) electrons. The van der Waals surface area contributed by atoms with Gasteiger partial charge in [-0.3, -0.25) is 9.88 Å². The molecule has 3 heterocycles. The van der Waals surface area contributed by atoms with Crippen LogP contribution in [0.3, 0.4) is 0 Å². The Morgan fingerprint density at radius 3 is 2.56 bits per heavy atom. The SMILES string of the molecule is CC(=Cn1c2c(c3cc(C)ccc31)CN(C(C)(C)C)CC2)c1ccncc1. The van der Waals surface area contributed by atoms with Gasteiger partial charge in [0.15, 0.2) is 0 Å². The maximum absolute atomic E-state index is 4.15. The summed E-state index contributed by atoms with van der Waals surface area (Å²) in [6, 6.07) is 11.0. The molecule has 0 bridgehead atoms. The third-order valence-corrected chi connectivity index (χ3v) is 5.75. The second-order valence-corrected chi connectivity index (χ2v) is 8.71. The van der Waals surface area contributed by atoms with Gasteiger partial charge in [0.1, 0.15) is 0 Å². The molecule has 0 saturated carbocycles. The molecule has 0 aliphatic carbocycles. The Labute approximate surface area is 162 Å². The lowest BCUT2D eigenvalue weighted by molar-refractivity contribution is 0.120. The smallest absolute Gasteiger partial charge is 0.0529 e. The molecule has 3 aromatic rings. The summed E-state index contributed by atoms with van der Waals surface area (Å²) in [5, 5.41) is 1.40. The van der Waals surface area contributed by atoms with E-state index in [0.717, 1.165) is 19.5 Å². The minimum Gasteiger partial charge on any atom is -0.320 e. The Morgan fingerprint density at radius 1 is 1.11 bits per heavy atom. The summed E-state index contributed by atoms with van der Waals surface area (Å²) in [6.07, 6.45) is 7.11. The van der Waals surface area contributed by atoms with Gasteiger partial charge in [0.05, 0.1) is 5.52 Å². The summed E-state index contributed by atoms with van der Waals surface area (Å²) in [7, 11) is 0. The zero-order chi connectivity index (χ0) is 19.2. The first kappa shape index (κ1) is 18.0. The van der Waals surface area contributed by atoms with Crippen molar-refractivity contribution < 1.29 is 0 Å². The summed E-state index contributed by atoms with van der Waals surface area (Å²) in [5.41, 5.74) is 8.27. The molecule has 27 heavy (non-hydrogen) atoms. The van der Waals surface area contributed by atoms with Crippen molar-refractivity contribution in [3.8, 4) is 0 Å². The highest BCUT2D eigenvalue weighted by molar-refractivity contribution is 5.90. The topological polar surface area (TPSA) is 21.1 Å². The van der Waals surface area contributed by atoms with Crippen molar-refractivity contribution in [2.24, 2.45) is 0 Å². The highest BCUT2D eigenvalue weighted by Crippen LogP contribution is 2.35. The molecule has 3 heteroatoms. The number of hydrogen-bond acceptors (Lipinski definition) is 2. The maximum Gasteiger partial charge on any atom is 0.0529 e. The van der Waals surface area contributed by atoms with Gasteiger partial charge in [-0.25, -0.2) is 0 Å². The van der Waals surface area contributed by atoms with E-state index in [2.05, 4.69) is 85.6 Å². The second-order valence-electron chi connectivity index (χ2n) is 8.71. The Kier molecular flexibility index (Phi) is 4.43. The van der Waals surface area contributed by atoms with Crippen LogP contribution in [-0.2, 0) is 13.0 Å². The molecule has 4 rings (SSSR count). The van der Waals surface area contributed by atoms with E-state index < -0.39 is 0 Å². The highest BCUT2D eigenvalue weighted by Gasteiger charge is 2.29. The van der Waals surface area contributed by atoms with E-state index in [1.807, 2.05) is 12.4 Å². The summed E-state index contributed by atoms with van der Waals surface area (Å²) in [4.78, 5) is 6.74. The van der Waals surface area contributed by atoms with Gasteiger partial charge in [0.2, 0.25) is 0 Å². The van der Waals surface area contributed by atoms with Gasteiger partial charge in [0.25, 0.3) is 0 Å². The number of nitrogens with zero attached hydrogens (tertiary/aromatic N) is 3. The average Bonchev–Trinajstić information content (AvgIpc) is 2.94. The van der Waals surface area contributed by atoms with E-state index in [4.69, 9.17) is 0 Å². The Morgan fingerprint density at radius 2 is 1.85 bits per heavy atom. The molecule has 2 aromatic heterocycles. The maximum atomic E-state index is 4.15. The van der Waals surface area contributed by atoms with Crippen molar-refractivity contribution in [2.75, 3.05) is 6.54 Å². The van der Waals surface area contributed by atoms with E-state index in [9.17, 15) is 0 Å². The van der Waals surface area contributed by atoms with Crippen molar-refractivity contribution in [1.29, 1.82) is 0 Å². The minimum absolute atomic E-state index is 0.193. The predicted molar refractivity (Wildman–Crippen MR) is 115 cm³/mol. The van der Waals surface area contributed by atoms with Crippen LogP contribution < -0.4 is 0 Å². The number of benzene rings is 1. The molecule has 1 aliphatic heterocycles. The number of rotatable bonds is 2. The van der Waals surface area contributed by atoms with Gasteiger partial charge in [-0.15, -0.1) is 0 Å². The first-order valence-electron chi connectivity index (χ1n) is 9.81. The number of aromatic nitrogens is 2. The Hall–Kier alpha value is -2.39. The van der Waals surface area contributed by atoms with Crippen molar-refractivity contribution in [3.05, 3.63) is 65.1 Å². The quantitative estimate of drug-likeness (QED) is 0.601. The number of allylic oxidation sites excluding steroid dienone is 1. The zero-order valence-electron chi connectivity index (χ0n) is 17.1. The van der Waals surface area contributed by atoms with Crippen LogP contribution in [-0.4, -0.2) is 26.5 Å². The fourth-order valence-corrected chi connectivity index (χ4v) is 4.11. The van der Waals surface area contributed by atoms with Crippen LogP contribution in [0.2, 0.25) is 0 Å². The van der Waals surface area contributed by atoms with E-state index in [-0.39, 0.29) is 5.54 Å². The molecule has 0 amide bonds. The summed E-state index contributed by atoms with van der Waals surface area (Å²) >= 11 is 0. The lowest BCUT2D eigenvalue weighted by Crippen LogP contribution is -2.44. The molecule has 0 saturated heterocycles. The predicted octanol–water partition coefficient (Wildman–Crippen LogP) is 5.52. The third kappa shape index (κ3) is 3.32. The third-order valence-electron chi connectivity index (χ3n) is 5.75. The van der Waals surface area contributed by atoms with Gasteiger partial charge in [-0.1, -0.05) is 11.6 Å². The fraction of sp³-hybridized carbons (Fsp3) is 0.375. The van der Waals surface area contributed by atoms with Crippen molar-refractivity contribution in [1.82, 2.24) is 14.5 Å². The second kappa shape index (κ2) is 6.65. The summed E-state index contributed by atoms with van der Waals surface area (Å²) in [6.45, 7) is 13.4.